The van der Waals surface area contributed by atoms with Crippen molar-refractivity contribution in [3.63, 3.8) is 0 Å². The van der Waals surface area contributed by atoms with Gasteiger partial charge in [0, 0.05) is 19.3 Å². The predicted molar refractivity (Wildman–Crippen MR) is 89.2 cm³/mol. The fourth-order valence-corrected chi connectivity index (χ4v) is 5.46. The maximum Gasteiger partial charge on any atom is 0.471 e. The molecule has 0 spiro atoms. The molecule has 0 saturated carbocycles. The number of ether oxygens (including phenoxy) is 1. The van der Waals surface area contributed by atoms with E-state index in [9.17, 15) is 27.3 Å². The molecule has 1 amide bonds. The second-order valence-corrected chi connectivity index (χ2v) is 9.70. The van der Waals surface area contributed by atoms with Crippen molar-refractivity contribution in [1.82, 2.24) is 9.99 Å². The third-order valence-electron chi connectivity index (χ3n) is 2.63. The molecule has 0 aromatic rings. The summed E-state index contributed by atoms with van der Waals surface area (Å²) >= 11 is 0.723. The van der Waals surface area contributed by atoms with Crippen molar-refractivity contribution < 1.29 is 36.6 Å². The number of carbonyl (C=O) groups excluding carboxylic acids is 2. The van der Waals surface area contributed by atoms with Gasteiger partial charge in [0.1, 0.15) is 6.04 Å². The number of amides is 1. The second-order valence-electron chi connectivity index (χ2n) is 5.31. The van der Waals surface area contributed by atoms with Gasteiger partial charge in [-0.3, -0.25) is 14.2 Å². The standard InChI is InChI=1S/C13H24F3N2O5PS/c1-6-22-24(21,17-10(4)11(19)23-9(2)3)25-8-7-18(5)12(20)13(14,15)16/h9-10H,6-8H2,1-5H3,(H,17,21)/t10-,24+/m0/s1. The zero-order valence-electron chi connectivity index (χ0n) is 14.8. The van der Waals surface area contributed by atoms with Crippen LogP contribution < -0.4 is 5.09 Å². The second kappa shape index (κ2) is 10.4. The molecule has 0 radical (unpaired) electrons. The van der Waals surface area contributed by atoms with Gasteiger partial charge in [-0.05, 0) is 27.7 Å². The van der Waals surface area contributed by atoms with Crippen LogP contribution >= 0.6 is 18.1 Å². The van der Waals surface area contributed by atoms with E-state index in [1.54, 1.807) is 20.8 Å². The smallest absolute Gasteiger partial charge is 0.462 e. The molecule has 0 rings (SSSR count). The van der Waals surface area contributed by atoms with Crippen LogP contribution in [0.3, 0.4) is 0 Å². The first kappa shape index (κ1) is 24.2. The Kier molecular flexibility index (Phi) is 10.1. The van der Waals surface area contributed by atoms with Crippen LogP contribution in [0.2, 0.25) is 0 Å². The van der Waals surface area contributed by atoms with Crippen LogP contribution in [0.15, 0.2) is 0 Å². The summed E-state index contributed by atoms with van der Waals surface area (Å²) in [6, 6.07) is -0.929. The first-order valence-electron chi connectivity index (χ1n) is 7.52. The monoisotopic (exact) mass is 408 g/mol. The molecule has 0 aromatic carbocycles. The number of alkyl halides is 3. The van der Waals surface area contributed by atoms with Crippen molar-refractivity contribution in [2.45, 2.75) is 46.0 Å². The average Bonchev–Trinajstić information content (AvgIpc) is 2.44. The van der Waals surface area contributed by atoms with Crippen molar-refractivity contribution in [3.05, 3.63) is 0 Å². The molecule has 0 aromatic heterocycles. The number of halogens is 3. The fourth-order valence-electron chi connectivity index (χ4n) is 1.52. The Morgan fingerprint density at radius 1 is 1.28 bits per heavy atom. The Bertz CT molecular complexity index is 505. The first-order valence-corrected chi connectivity index (χ1v) is 10.7. The van der Waals surface area contributed by atoms with E-state index in [1.165, 1.54) is 6.92 Å². The zero-order valence-corrected chi connectivity index (χ0v) is 16.5. The van der Waals surface area contributed by atoms with Gasteiger partial charge in [0.05, 0.1) is 12.7 Å². The molecular formula is C13H24F3N2O5PS. The predicted octanol–water partition coefficient (Wildman–Crippen LogP) is 2.81. The molecule has 2 atom stereocenters. The van der Waals surface area contributed by atoms with Gasteiger partial charge < -0.3 is 14.2 Å². The van der Waals surface area contributed by atoms with Crippen LogP contribution in [0.1, 0.15) is 27.7 Å². The third-order valence-corrected chi connectivity index (χ3v) is 6.84. The first-order chi connectivity index (χ1) is 11.3. The van der Waals surface area contributed by atoms with Crippen LogP contribution in [0.4, 0.5) is 13.2 Å². The molecular weight excluding hydrogens is 384 g/mol. The van der Waals surface area contributed by atoms with Gasteiger partial charge in [-0.1, -0.05) is 11.4 Å². The Hall–Kier alpha value is -0.770. The highest BCUT2D eigenvalue weighted by atomic mass is 32.7. The lowest BCUT2D eigenvalue weighted by molar-refractivity contribution is -0.183. The highest BCUT2D eigenvalue weighted by Crippen LogP contribution is 2.56. The number of carbonyl (C=O) groups is 2. The van der Waals surface area contributed by atoms with Crippen molar-refractivity contribution in [3.8, 4) is 0 Å². The van der Waals surface area contributed by atoms with Gasteiger partial charge in [-0.2, -0.15) is 13.2 Å². The fraction of sp³-hybridized carbons (Fsp3) is 0.846. The topological polar surface area (TPSA) is 84.9 Å². The summed E-state index contributed by atoms with van der Waals surface area (Å²) in [5.41, 5.74) is 0. The van der Waals surface area contributed by atoms with Crippen LogP contribution in [0.5, 0.6) is 0 Å². The molecule has 1 N–H and O–H groups in total. The molecule has 0 heterocycles. The molecule has 0 fully saturated rings. The molecule has 0 unspecified atom stereocenters. The number of esters is 1. The van der Waals surface area contributed by atoms with Gasteiger partial charge >= 0.3 is 24.8 Å². The van der Waals surface area contributed by atoms with E-state index in [-0.39, 0.29) is 25.0 Å². The number of hydrogen-bond acceptors (Lipinski definition) is 6. The average molecular weight is 408 g/mol. The maximum atomic E-state index is 12.7. The number of nitrogens with zero attached hydrogens (tertiary/aromatic N) is 1. The summed E-state index contributed by atoms with van der Waals surface area (Å²) in [7, 11) is 0.998. The molecule has 148 valence electrons. The minimum Gasteiger partial charge on any atom is -0.462 e. The summed E-state index contributed by atoms with van der Waals surface area (Å²) in [5.74, 6) is -2.68. The van der Waals surface area contributed by atoms with E-state index in [2.05, 4.69) is 5.09 Å². The molecule has 0 aliphatic carbocycles. The van der Waals surface area contributed by atoms with Gasteiger partial charge in [0.15, 0.2) is 0 Å². The Balaban J connectivity index is 4.70. The molecule has 0 bridgehead atoms. The van der Waals surface area contributed by atoms with Crippen LogP contribution in [-0.2, 0) is 23.4 Å². The van der Waals surface area contributed by atoms with Crippen LogP contribution in [0, 0.1) is 0 Å². The summed E-state index contributed by atoms with van der Waals surface area (Å²) in [6.07, 6.45) is -5.31. The Labute approximate surface area is 149 Å². The molecule has 7 nitrogen and oxygen atoms in total. The van der Waals surface area contributed by atoms with Crippen molar-refractivity contribution >= 4 is 30.0 Å². The molecule has 0 aliphatic rings. The van der Waals surface area contributed by atoms with E-state index < -0.39 is 30.8 Å². The van der Waals surface area contributed by atoms with Crippen molar-refractivity contribution in [1.29, 1.82) is 0 Å². The maximum absolute atomic E-state index is 12.7. The zero-order chi connectivity index (χ0) is 19.8. The molecule has 12 heteroatoms. The lowest BCUT2D eigenvalue weighted by atomic mass is 10.4. The number of nitrogens with one attached hydrogen (secondary N) is 1. The molecule has 0 saturated heterocycles. The number of rotatable bonds is 10. The SMILES string of the molecule is CCO[P@](=O)(N[C@@H](C)C(=O)OC(C)C)SCCN(C)C(=O)C(F)(F)F. The van der Waals surface area contributed by atoms with Gasteiger partial charge in [0.25, 0.3) is 0 Å². The lowest BCUT2D eigenvalue weighted by Gasteiger charge is -2.23. The summed E-state index contributed by atoms with van der Waals surface area (Å²) < 4.78 is 59.7. The summed E-state index contributed by atoms with van der Waals surface area (Å²) in [6.45, 7) is 2.58. The Morgan fingerprint density at radius 3 is 2.28 bits per heavy atom. The van der Waals surface area contributed by atoms with Crippen LogP contribution in [0.25, 0.3) is 0 Å². The van der Waals surface area contributed by atoms with E-state index in [0.717, 1.165) is 18.4 Å². The van der Waals surface area contributed by atoms with Crippen molar-refractivity contribution in [2.24, 2.45) is 0 Å². The van der Waals surface area contributed by atoms with Crippen LogP contribution in [-0.4, -0.2) is 61.1 Å². The summed E-state index contributed by atoms with van der Waals surface area (Å²) in [5, 5.41) is 2.53. The Morgan fingerprint density at radius 2 is 1.84 bits per heavy atom. The van der Waals surface area contributed by atoms with E-state index in [4.69, 9.17) is 9.26 Å². The van der Waals surface area contributed by atoms with Gasteiger partial charge in [0.2, 0.25) is 0 Å². The highest BCUT2D eigenvalue weighted by Gasteiger charge is 2.41. The van der Waals surface area contributed by atoms with Crippen molar-refractivity contribution in [2.75, 3.05) is 26.0 Å². The molecule has 25 heavy (non-hydrogen) atoms. The number of hydrogen-bond donors (Lipinski definition) is 1. The van der Waals surface area contributed by atoms with Gasteiger partial charge in [-0.15, -0.1) is 0 Å². The molecule has 0 aliphatic heterocycles. The van der Waals surface area contributed by atoms with Gasteiger partial charge in [-0.25, -0.2) is 5.09 Å². The minimum atomic E-state index is -4.96. The van der Waals surface area contributed by atoms with E-state index >= 15 is 0 Å². The third kappa shape index (κ3) is 9.48. The largest absolute Gasteiger partial charge is 0.471 e. The quantitative estimate of drug-likeness (QED) is 0.440. The van der Waals surface area contributed by atoms with E-state index in [0.29, 0.717) is 4.90 Å². The normalized spacial score (nSPS) is 15.6. The summed E-state index contributed by atoms with van der Waals surface area (Å²) in [4.78, 5) is 23.3. The lowest BCUT2D eigenvalue weighted by Crippen LogP contribution is -2.39. The minimum absolute atomic E-state index is 0.0700. The van der Waals surface area contributed by atoms with E-state index in [1.807, 2.05) is 0 Å². The highest BCUT2D eigenvalue weighted by molar-refractivity contribution is 8.56.